The maximum atomic E-state index is 15.1. The van der Waals surface area contributed by atoms with E-state index in [1.165, 1.54) is 23.8 Å². The third-order valence-electron chi connectivity index (χ3n) is 4.53. The number of aromatic nitrogens is 1. The summed E-state index contributed by atoms with van der Waals surface area (Å²) in [6, 6.07) is 11.8. The van der Waals surface area contributed by atoms with Crippen LogP contribution in [0.15, 0.2) is 55.1 Å². The van der Waals surface area contributed by atoms with E-state index in [1.807, 2.05) is 6.07 Å². The second-order valence-electron chi connectivity index (χ2n) is 6.19. The lowest BCUT2D eigenvalue weighted by atomic mass is 10.1. The predicted octanol–water partition coefficient (Wildman–Crippen LogP) is 4.06. The van der Waals surface area contributed by atoms with Crippen molar-refractivity contribution < 1.29 is 23.5 Å². The SMILES string of the molecule is C=CCOC(=O)Cc1c(C)n(C(=O)c2ccccc2)c2ccc(OC)c(F)c12. The third kappa shape index (κ3) is 3.41. The summed E-state index contributed by atoms with van der Waals surface area (Å²) in [5.74, 6) is -1.42. The maximum absolute atomic E-state index is 15.1. The average molecular weight is 381 g/mol. The van der Waals surface area contributed by atoms with Gasteiger partial charge in [0.25, 0.3) is 5.91 Å². The number of carbonyl (C=O) groups is 2. The molecule has 3 aromatic rings. The van der Waals surface area contributed by atoms with Gasteiger partial charge in [-0.25, -0.2) is 4.39 Å². The van der Waals surface area contributed by atoms with E-state index in [0.29, 0.717) is 22.3 Å². The van der Waals surface area contributed by atoms with Crippen LogP contribution in [0.1, 0.15) is 21.6 Å². The number of rotatable bonds is 6. The monoisotopic (exact) mass is 381 g/mol. The molecule has 0 aliphatic rings. The van der Waals surface area contributed by atoms with Crippen molar-refractivity contribution in [3.63, 3.8) is 0 Å². The molecule has 5 nitrogen and oxygen atoms in total. The Labute approximate surface area is 162 Å². The van der Waals surface area contributed by atoms with E-state index in [9.17, 15) is 9.59 Å². The Hall–Kier alpha value is -3.41. The maximum Gasteiger partial charge on any atom is 0.310 e. The van der Waals surface area contributed by atoms with E-state index in [4.69, 9.17) is 9.47 Å². The molecule has 28 heavy (non-hydrogen) atoms. The first kappa shape index (κ1) is 19.4. The van der Waals surface area contributed by atoms with Gasteiger partial charge in [0.1, 0.15) is 6.61 Å². The fourth-order valence-electron chi connectivity index (χ4n) is 3.21. The van der Waals surface area contributed by atoms with E-state index in [-0.39, 0.29) is 30.1 Å². The number of fused-ring (bicyclic) bond motifs is 1. The number of ether oxygens (including phenoxy) is 2. The molecule has 3 rings (SSSR count). The summed E-state index contributed by atoms with van der Waals surface area (Å²) < 4.78 is 26.6. The highest BCUT2D eigenvalue weighted by Gasteiger charge is 2.25. The van der Waals surface area contributed by atoms with Gasteiger partial charge in [0.15, 0.2) is 11.6 Å². The molecule has 6 heteroatoms. The topological polar surface area (TPSA) is 57.5 Å². The Morgan fingerprint density at radius 1 is 1.18 bits per heavy atom. The van der Waals surface area contributed by atoms with Crippen LogP contribution >= 0.6 is 0 Å². The number of methoxy groups -OCH3 is 1. The van der Waals surface area contributed by atoms with E-state index < -0.39 is 11.8 Å². The highest BCUT2D eigenvalue weighted by Crippen LogP contribution is 2.34. The van der Waals surface area contributed by atoms with Crippen LogP contribution in [0, 0.1) is 12.7 Å². The van der Waals surface area contributed by atoms with Crippen molar-refractivity contribution in [3.8, 4) is 5.75 Å². The zero-order valence-corrected chi connectivity index (χ0v) is 15.7. The Morgan fingerprint density at radius 3 is 2.54 bits per heavy atom. The van der Waals surface area contributed by atoms with Gasteiger partial charge in [-0.15, -0.1) is 0 Å². The van der Waals surface area contributed by atoms with Crippen LogP contribution in [-0.4, -0.2) is 30.2 Å². The van der Waals surface area contributed by atoms with Crippen LogP contribution < -0.4 is 4.74 Å². The van der Waals surface area contributed by atoms with Crippen molar-refractivity contribution >= 4 is 22.8 Å². The quantitative estimate of drug-likeness (QED) is 0.477. The molecular weight excluding hydrogens is 361 g/mol. The molecule has 0 saturated heterocycles. The first-order valence-corrected chi connectivity index (χ1v) is 8.72. The number of nitrogens with zero attached hydrogens (tertiary/aromatic N) is 1. The van der Waals surface area contributed by atoms with Gasteiger partial charge in [-0.2, -0.15) is 0 Å². The second-order valence-corrected chi connectivity index (χ2v) is 6.19. The zero-order valence-electron chi connectivity index (χ0n) is 15.7. The smallest absolute Gasteiger partial charge is 0.310 e. The first-order chi connectivity index (χ1) is 13.5. The Balaban J connectivity index is 2.21. The summed E-state index contributed by atoms with van der Waals surface area (Å²) >= 11 is 0. The Morgan fingerprint density at radius 2 is 1.89 bits per heavy atom. The van der Waals surface area contributed by atoms with Crippen LogP contribution in [-0.2, 0) is 16.0 Å². The van der Waals surface area contributed by atoms with Crippen LogP contribution in [0.4, 0.5) is 4.39 Å². The number of hydrogen-bond acceptors (Lipinski definition) is 4. The first-order valence-electron chi connectivity index (χ1n) is 8.72. The van der Waals surface area contributed by atoms with Crippen molar-refractivity contribution in [2.75, 3.05) is 13.7 Å². The summed E-state index contributed by atoms with van der Waals surface area (Å²) in [5.41, 5.74) is 1.70. The van der Waals surface area contributed by atoms with Crippen molar-refractivity contribution in [2.24, 2.45) is 0 Å². The van der Waals surface area contributed by atoms with Crippen molar-refractivity contribution in [2.45, 2.75) is 13.3 Å². The molecule has 0 bridgehead atoms. The predicted molar refractivity (Wildman–Crippen MR) is 104 cm³/mol. The van der Waals surface area contributed by atoms with Crippen molar-refractivity contribution in [1.29, 1.82) is 0 Å². The highest BCUT2D eigenvalue weighted by molar-refractivity contribution is 6.05. The molecule has 0 saturated carbocycles. The van der Waals surface area contributed by atoms with E-state index >= 15 is 4.39 Å². The lowest BCUT2D eigenvalue weighted by Gasteiger charge is -2.08. The highest BCUT2D eigenvalue weighted by atomic mass is 19.1. The fraction of sp³-hybridized carbons (Fsp3) is 0.182. The third-order valence-corrected chi connectivity index (χ3v) is 4.53. The second kappa shape index (κ2) is 8.08. The zero-order chi connectivity index (χ0) is 20.3. The van der Waals surface area contributed by atoms with Gasteiger partial charge < -0.3 is 9.47 Å². The lowest BCUT2D eigenvalue weighted by molar-refractivity contribution is -0.141. The molecule has 0 aliphatic carbocycles. The number of carbonyl (C=O) groups excluding carboxylic acids is 2. The summed E-state index contributed by atoms with van der Waals surface area (Å²) in [5, 5.41) is 0.177. The molecule has 2 aromatic carbocycles. The van der Waals surface area contributed by atoms with Crippen LogP contribution in [0.3, 0.4) is 0 Å². The number of esters is 1. The fourth-order valence-corrected chi connectivity index (χ4v) is 3.21. The van der Waals surface area contributed by atoms with Crippen LogP contribution in [0.25, 0.3) is 10.9 Å². The average Bonchev–Trinajstić information content (AvgIpc) is 2.99. The summed E-state index contributed by atoms with van der Waals surface area (Å²) in [6.45, 7) is 5.25. The largest absolute Gasteiger partial charge is 0.494 e. The molecule has 0 unspecified atom stereocenters. The van der Waals surface area contributed by atoms with Gasteiger partial charge in [0, 0.05) is 16.6 Å². The number of benzene rings is 2. The normalized spacial score (nSPS) is 10.7. The molecule has 0 fully saturated rings. The Kier molecular flexibility index (Phi) is 5.59. The van der Waals surface area contributed by atoms with Gasteiger partial charge >= 0.3 is 5.97 Å². The van der Waals surface area contributed by atoms with Gasteiger partial charge in [-0.1, -0.05) is 30.9 Å². The van der Waals surface area contributed by atoms with E-state index in [2.05, 4.69) is 6.58 Å². The molecule has 1 heterocycles. The molecule has 144 valence electrons. The van der Waals surface area contributed by atoms with E-state index in [0.717, 1.165) is 0 Å². The molecule has 0 N–H and O–H groups in total. The van der Waals surface area contributed by atoms with E-state index in [1.54, 1.807) is 37.3 Å². The molecule has 0 amide bonds. The Bertz CT molecular complexity index is 1050. The minimum atomic E-state index is -0.616. The van der Waals surface area contributed by atoms with Gasteiger partial charge in [0.2, 0.25) is 0 Å². The summed E-state index contributed by atoms with van der Waals surface area (Å²) in [6.07, 6.45) is 1.28. The molecule has 1 aromatic heterocycles. The number of hydrogen-bond donors (Lipinski definition) is 0. The minimum Gasteiger partial charge on any atom is -0.494 e. The van der Waals surface area contributed by atoms with Crippen molar-refractivity contribution in [3.05, 3.63) is 77.8 Å². The standard InChI is InChI=1S/C22H20FNO4/c1-4-12-28-19(25)13-16-14(2)24(22(26)15-8-6-5-7-9-15)17-10-11-18(27-3)21(23)20(16)17/h4-11H,1,12-13H2,2-3H3. The summed E-state index contributed by atoms with van der Waals surface area (Å²) in [4.78, 5) is 25.3. The van der Waals surface area contributed by atoms with Gasteiger partial charge in [-0.3, -0.25) is 14.2 Å². The molecule has 0 spiro atoms. The molecular formula is C22H20FNO4. The number of halogens is 1. The molecule has 0 radical (unpaired) electrons. The van der Waals surface area contributed by atoms with Gasteiger partial charge in [-0.05, 0) is 36.8 Å². The van der Waals surface area contributed by atoms with Crippen molar-refractivity contribution in [1.82, 2.24) is 4.57 Å². The lowest BCUT2D eigenvalue weighted by Crippen LogP contribution is -2.14. The molecule has 0 atom stereocenters. The van der Waals surface area contributed by atoms with Crippen LogP contribution in [0.5, 0.6) is 5.75 Å². The van der Waals surface area contributed by atoms with Crippen LogP contribution in [0.2, 0.25) is 0 Å². The summed E-state index contributed by atoms with van der Waals surface area (Å²) in [7, 11) is 1.36. The van der Waals surface area contributed by atoms with Gasteiger partial charge in [0.05, 0.1) is 19.0 Å². The minimum absolute atomic E-state index is 0.0394. The molecule has 0 aliphatic heterocycles.